The van der Waals surface area contributed by atoms with E-state index in [2.05, 4.69) is 20.0 Å². The first-order valence-corrected chi connectivity index (χ1v) is 9.00. The third kappa shape index (κ3) is 2.46. The van der Waals surface area contributed by atoms with E-state index in [0.717, 1.165) is 36.5 Å². The fourth-order valence-electron chi connectivity index (χ4n) is 4.79. The van der Waals surface area contributed by atoms with Crippen molar-refractivity contribution in [2.45, 2.75) is 38.6 Å². The number of piperidine rings is 1. The van der Waals surface area contributed by atoms with Crippen LogP contribution in [0.4, 0.5) is 5.82 Å². The van der Waals surface area contributed by atoms with Gasteiger partial charge in [-0.05, 0) is 43.6 Å². The predicted octanol–water partition coefficient (Wildman–Crippen LogP) is 1.16. The highest BCUT2D eigenvalue weighted by molar-refractivity contribution is 5.86. The molecular formula is C17H26N6O. The highest BCUT2D eigenvalue weighted by Crippen LogP contribution is 2.50. The molecule has 0 bridgehead atoms. The SMILES string of the molecule is NCC1CCCC12CCN(c1ncnc3c1cnn3CCO)CC2. The molecule has 3 N–H and O–H groups in total. The van der Waals surface area contributed by atoms with Crippen molar-refractivity contribution in [1.82, 2.24) is 19.7 Å². The predicted molar refractivity (Wildman–Crippen MR) is 92.7 cm³/mol. The molecule has 7 heteroatoms. The maximum atomic E-state index is 9.16. The van der Waals surface area contributed by atoms with Crippen LogP contribution in [-0.2, 0) is 6.54 Å². The number of nitrogens with two attached hydrogens (primary N) is 1. The molecule has 1 saturated heterocycles. The molecule has 1 spiro atoms. The minimum Gasteiger partial charge on any atom is -0.394 e. The summed E-state index contributed by atoms with van der Waals surface area (Å²) >= 11 is 0. The number of rotatable bonds is 4. The van der Waals surface area contributed by atoms with E-state index in [9.17, 15) is 0 Å². The number of anilines is 1. The highest BCUT2D eigenvalue weighted by atomic mass is 16.3. The van der Waals surface area contributed by atoms with Crippen LogP contribution >= 0.6 is 0 Å². The van der Waals surface area contributed by atoms with Crippen molar-refractivity contribution in [3.05, 3.63) is 12.5 Å². The second kappa shape index (κ2) is 6.29. The third-order valence-corrected chi connectivity index (χ3v) is 6.16. The molecule has 4 rings (SSSR count). The van der Waals surface area contributed by atoms with Crippen LogP contribution in [0.3, 0.4) is 0 Å². The maximum absolute atomic E-state index is 9.16. The molecule has 0 amide bonds. The van der Waals surface area contributed by atoms with Crippen LogP contribution in [0.1, 0.15) is 32.1 Å². The Labute approximate surface area is 141 Å². The average molecular weight is 330 g/mol. The van der Waals surface area contributed by atoms with Gasteiger partial charge in [0.2, 0.25) is 0 Å². The van der Waals surface area contributed by atoms with Crippen molar-refractivity contribution < 1.29 is 5.11 Å². The van der Waals surface area contributed by atoms with Crippen molar-refractivity contribution in [3.63, 3.8) is 0 Å². The topological polar surface area (TPSA) is 93.1 Å². The molecule has 2 aromatic heterocycles. The van der Waals surface area contributed by atoms with Gasteiger partial charge in [0.1, 0.15) is 12.1 Å². The van der Waals surface area contributed by atoms with E-state index in [-0.39, 0.29) is 6.61 Å². The van der Waals surface area contributed by atoms with Crippen LogP contribution < -0.4 is 10.6 Å². The number of aliphatic hydroxyl groups excluding tert-OH is 1. The van der Waals surface area contributed by atoms with Crippen molar-refractivity contribution in [2.24, 2.45) is 17.1 Å². The van der Waals surface area contributed by atoms with E-state index < -0.39 is 0 Å². The Bertz CT molecular complexity index is 706. The largest absolute Gasteiger partial charge is 0.394 e. The number of aliphatic hydroxyl groups is 1. The molecule has 7 nitrogen and oxygen atoms in total. The van der Waals surface area contributed by atoms with Crippen LogP contribution in [0.5, 0.6) is 0 Å². The van der Waals surface area contributed by atoms with Gasteiger partial charge in [-0.2, -0.15) is 5.10 Å². The molecule has 24 heavy (non-hydrogen) atoms. The molecule has 1 aliphatic carbocycles. The molecule has 0 radical (unpaired) electrons. The summed E-state index contributed by atoms with van der Waals surface area (Å²) in [6.45, 7) is 3.39. The van der Waals surface area contributed by atoms with Gasteiger partial charge in [0.05, 0.1) is 24.7 Å². The van der Waals surface area contributed by atoms with E-state index in [1.54, 1.807) is 11.0 Å². The normalized spacial score (nSPS) is 23.4. The van der Waals surface area contributed by atoms with Gasteiger partial charge in [0, 0.05) is 13.1 Å². The van der Waals surface area contributed by atoms with Crippen molar-refractivity contribution in [2.75, 3.05) is 31.1 Å². The molecule has 130 valence electrons. The van der Waals surface area contributed by atoms with Gasteiger partial charge < -0.3 is 15.7 Å². The molecule has 2 fully saturated rings. The quantitative estimate of drug-likeness (QED) is 0.874. The monoisotopic (exact) mass is 330 g/mol. The van der Waals surface area contributed by atoms with Crippen LogP contribution in [0.2, 0.25) is 0 Å². The van der Waals surface area contributed by atoms with Crippen molar-refractivity contribution in [1.29, 1.82) is 0 Å². The van der Waals surface area contributed by atoms with E-state index in [1.165, 1.54) is 32.1 Å². The van der Waals surface area contributed by atoms with E-state index in [0.29, 0.717) is 17.9 Å². The van der Waals surface area contributed by atoms with Gasteiger partial charge in [0.25, 0.3) is 0 Å². The average Bonchev–Trinajstić information content (AvgIpc) is 3.20. The van der Waals surface area contributed by atoms with Gasteiger partial charge in [-0.3, -0.25) is 0 Å². The third-order valence-electron chi connectivity index (χ3n) is 6.16. The molecule has 2 aliphatic rings. The van der Waals surface area contributed by atoms with Crippen molar-refractivity contribution >= 4 is 16.9 Å². The van der Waals surface area contributed by atoms with Gasteiger partial charge in [-0.1, -0.05) is 6.42 Å². The lowest BCUT2D eigenvalue weighted by atomic mass is 9.70. The maximum Gasteiger partial charge on any atom is 0.163 e. The Kier molecular flexibility index (Phi) is 4.14. The van der Waals surface area contributed by atoms with Crippen LogP contribution in [-0.4, -0.2) is 51.1 Å². The first-order valence-electron chi connectivity index (χ1n) is 9.00. The lowest BCUT2D eigenvalue weighted by molar-refractivity contribution is 0.154. The van der Waals surface area contributed by atoms with Gasteiger partial charge in [-0.25, -0.2) is 14.6 Å². The summed E-state index contributed by atoms with van der Waals surface area (Å²) in [5, 5.41) is 14.5. The van der Waals surface area contributed by atoms with Crippen LogP contribution in [0.15, 0.2) is 12.5 Å². The van der Waals surface area contributed by atoms with Crippen LogP contribution in [0, 0.1) is 11.3 Å². The summed E-state index contributed by atoms with van der Waals surface area (Å²) in [6.07, 6.45) is 9.78. The summed E-state index contributed by atoms with van der Waals surface area (Å²) in [6, 6.07) is 0. The van der Waals surface area contributed by atoms with Gasteiger partial charge in [0.15, 0.2) is 5.65 Å². The summed E-state index contributed by atoms with van der Waals surface area (Å²) in [5.41, 5.74) is 7.28. The summed E-state index contributed by atoms with van der Waals surface area (Å²) in [4.78, 5) is 11.2. The van der Waals surface area contributed by atoms with E-state index >= 15 is 0 Å². The number of fused-ring (bicyclic) bond motifs is 1. The molecule has 3 heterocycles. The Morgan fingerprint density at radius 3 is 2.83 bits per heavy atom. The summed E-state index contributed by atoms with van der Waals surface area (Å²) in [7, 11) is 0. The number of aromatic nitrogens is 4. The molecule has 1 saturated carbocycles. The standard InChI is InChI=1S/C17H26N6O/c18-10-13-2-1-3-17(13)4-6-22(7-5-17)15-14-11-21-23(8-9-24)16(14)20-12-19-15/h11-13,24H,1-10,18H2. The zero-order valence-corrected chi connectivity index (χ0v) is 14.1. The molecule has 1 aliphatic heterocycles. The minimum absolute atomic E-state index is 0.0584. The zero-order chi connectivity index (χ0) is 16.6. The van der Waals surface area contributed by atoms with E-state index in [1.807, 2.05) is 6.20 Å². The second-order valence-electron chi connectivity index (χ2n) is 7.20. The number of hydrogen-bond donors (Lipinski definition) is 2. The molecule has 1 atom stereocenters. The first kappa shape index (κ1) is 15.8. The summed E-state index contributed by atoms with van der Waals surface area (Å²) in [5.74, 6) is 1.67. The van der Waals surface area contributed by atoms with Gasteiger partial charge in [-0.15, -0.1) is 0 Å². The fraction of sp³-hybridized carbons (Fsp3) is 0.706. The van der Waals surface area contributed by atoms with Crippen molar-refractivity contribution in [3.8, 4) is 0 Å². The lowest BCUT2D eigenvalue weighted by Crippen LogP contribution is -2.44. The van der Waals surface area contributed by atoms with Gasteiger partial charge >= 0.3 is 0 Å². The Hall–Kier alpha value is -1.73. The summed E-state index contributed by atoms with van der Waals surface area (Å²) < 4.78 is 1.74. The molecule has 2 aromatic rings. The number of nitrogens with zero attached hydrogens (tertiary/aromatic N) is 5. The Morgan fingerprint density at radius 2 is 2.08 bits per heavy atom. The van der Waals surface area contributed by atoms with Crippen LogP contribution in [0.25, 0.3) is 11.0 Å². The fourth-order valence-corrected chi connectivity index (χ4v) is 4.79. The smallest absolute Gasteiger partial charge is 0.163 e. The lowest BCUT2D eigenvalue weighted by Gasteiger charge is -2.43. The highest BCUT2D eigenvalue weighted by Gasteiger charge is 2.44. The molecular weight excluding hydrogens is 304 g/mol. The molecule has 1 unspecified atom stereocenters. The number of hydrogen-bond acceptors (Lipinski definition) is 6. The zero-order valence-electron chi connectivity index (χ0n) is 14.1. The second-order valence-corrected chi connectivity index (χ2v) is 7.20. The first-order chi connectivity index (χ1) is 11.8. The molecule has 0 aromatic carbocycles. The van der Waals surface area contributed by atoms with E-state index in [4.69, 9.17) is 10.8 Å². The minimum atomic E-state index is 0.0584. The Balaban J connectivity index is 1.57. The Morgan fingerprint density at radius 1 is 1.25 bits per heavy atom.